The van der Waals surface area contributed by atoms with Gasteiger partial charge in [-0.15, -0.1) is 0 Å². The topological polar surface area (TPSA) is 69.9 Å². The number of carbonyl (C=O) groups excluding carboxylic acids is 2. The first-order chi connectivity index (χ1) is 20.0. The number of amides is 3. The van der Waals surface area contributed by atoms with Crippen molar-refractivity contribution in [2.45, 2.75) is 52.1 Å². The Bertz CT molecular complexity index is 1340. The van der Waals surface area contributed by atoms with Gasteiger partial charge in [0.1, 0.15) is 0 Å². The van der Waals surface area contributed by atoms with Gasteiger partial charge in [-0.25, -0.2) is 4.79 Å². The summed E-state index contributed by atoms with van der Waals surface area (Å²) in [5.41, 5.74) is 7.81. The number of nitrogens with zero attached hydrogens (tertiary/aromatic N) is 3. The maximum absolute atomic E-state index is 13.6. The van der Waals surface area contributed by atoms with E-state index < -0.39 is 0 Å². The average Bonchev–Trinajstić information content (AvgIpc) is 2.98. The number of hydrogen-bond acceptors (Lipinski definition) is 5. The van der Waals surface area contributed by atoms with Crippen LogP contribution in [0.15, 0.2) is 54.6 Å². The van der Waals surface area contributed by atoms with Gasteiger partial charge in [0.15, 0.2) is 0 Å². The minimum absolute atomic E-state index is 0.0646. The van der Waals surface area contributed by atoms with Crippen molar-refractivity contribution in [2.75, 3.05) is 32.7 Å². The molecule has 42 heavy (non-hydrogen) atoms. The van der Waals surface area contributed by atoms with Crippen LogP contribution in [0.4, 0.5) is 4.79 Å². The predicted octanol–water partition coefficient (Wildman–Crippen LogP) is 5.15. The molecule has 13 heteroatoms. The van der Waals surface area contributed by atoms with Gasteiger partial charge in [-0.3, -0.25) is 9.69 Å². The van der Waals surface area contributed by atoms with Crippen molar-refractivity contribution in [1.29, 1.82) is 0 Å². The fourth-order valence-corrected chi connectivity index (χ4v) is 11.3. The van der Waals surface area contributed by atoms with Gasteiger partial charge < -0.3 is 15.5 Å². The van der Waals surface area contributed by atoms with Crippen molar-refractivity contribution >= 4 is 81.4 Å². The Morgan fingerprint density at radius 3 is 2.02 bits per heavy atom. The zero-order valence-electron chi connectivity index (χ0n) is 24.1. The molecule has 1 unspecified atom stereocenters. The zero-order valence-corrected chi connectivity index (χ0v) is 29.8. The van der Waals surface area contributed by atoms with E-state index in [4.69, 9.17) is 17.3 Å². The standard InChI is InChI=1S/C29H39ClN4O2.S6/c1-29(2,3)25-20-33(27(22-7-5-4-6-8-22)23-9-11-24(30)12-10-23)17-18-34(25)26(35)19-21-13-15-32(16-14-21)28(31)36;1-3-5-6-4-2/h4-12,21,25,27H,13-20H2,1-3H3,(H2,31,36);/t25-,27?;/m1./s1. The van der Waals surface area contributed by atoms with Crippen LogP contribution in [0, 0.1) is 11.3 Å². The van der Waals surface area contributed by atoms with Gasteiger partial charge in [0.05, 0.1) is 6.04 Å². The number of benzene rings is 2. The van der Waals surface area contributed by atoms with Gasteiger partial charge in [0, 0.05) is 108 Å². The molecule has 0 bridgehead atoms. The minimum atomic E-state index is -0.364. The van der Waals surface area contributed by atoms with E-state index in [9.17, 15) is 9.59 Å². The van der Waals surface area contributed by atoms with E-state index in [2.05, 4.69) is 89.3 Å². The van der Waals surface area contributed by atoms with Crippen LogP contribution in [-0.4, -0.2) is 65.4 Å². The highest BCUT2D eigenvalue weighted by atomic mass is 35.5. The summed E-state index contributed by atoms with van der Waals surface area (Å²) in [4.78, 5) is 31.4. The second kappa shape index (κ2) is 17.3. The Morgan fingerprint density at radius 1 is 0.929 bits per heavy atom. The molecule has 6 nitrogen and oxygen atoms in total. The van der Waals surface area contributed by atoms with Crippen LogP contribution in [-0.2, 0) is 62.7 Å². The summed E-state index contributed by atoms with van der Waals surface area (Å²) in [5.74, 6) is 0.535. The summed E-state index contributed by atoms with van der Waals surface area (Å²) in [6.45, 7) is 10.3. The third kappa shape index (κ3) is 10.4. The van der Waals surface area contributed by atoms with E-state index in [0.29, 0.717) is 32.0 Å². The Hall–Kier alpha value is -1.25. The first-order valence-electron chi connectivity index (χ1n) is 13.8. The van der Waals surface area contributed by atoms with Crippen LogP contribution in [0.3, 0.4) is 0 Å². The van der Waals surface area contributed by atoms with Gasteiger partial charge in [0.2, 0.25) is 5.91 Å². The highest BCUT2D eigenvalue weighted by molar-refractivity contribution is 8.64. The lowest BCUT2D eigenvalue weighted by atomic mass is 9.82. The van der Waals surface area contributed by atoms with E-state index in [1.54, 1.807) is 4.90 Å². The van der Waals surface area contributed by atoms with Gasteiger partial charge in [0.25, 0.3) is 0 Å². The molecule has 2 aromatic rings. The SMILES string of the molecule is CC(C)(C)[C@H]1CN(C(c2ccccc2)c2ccc(Cl)cc2)CCN1C(=O)CC1CCN(C(N)=O)CC1.S=S=S=S=S=S. The molecule has 0 aliphatic carbocycles. The molecule has 4 rings (SSSR count). The van der Waals surface area contributed by atoms with Crippen molar-refractivity contribution in [3.05, 3.63) is 70.7 Å². The fourth-order valence-electron chi connectivity index (χ4n) is 5.72. The number of urea groups is 1. The second-order valence-electron chi connectivity index (χ2n) is 11.6. The van der Waals surface area contributed by atoms with Crippen LogP contribution in [0.2, 0.25) is 5.02 Å². The number of hydrogen-bond donors (Lipinski definition) is 1. The maximum atomic E-state index is 13.6. The van der Waals surface area contributed by atoms with Crippen LogP contribution in [0.25, 0.3) is 0 Å². The van der Waals surface area contributed by atoms with Gasteiger partial charge in [-0.05, 0) is 47.4 Å². The molecule has 0 aromatic heterocycles. The van der Waals surface area contributed by atoms with Crippen LogP contribution in [0.5, 0.6) is 0 Å². The van der Waals surface area contributed by atoms with Crippen molar-refractivity contribution in [3.8, 4) is 0 Å². The van der Waals surface area contributed by atoms with E-state index >= 15 is 0 Å². The molecule has 230 valence electrons. The monoisotopic (exact) mass is 702 g/mol. The first kappa shape index (κ1) is 35.2. The summed E-state index contributed by atoms with van der Waals surface area (Å²) in [6.07, 6.45) is 2.21. The fraction of sp³-hybridized carbons (Fsp3) is 0.517. The largest absolute Gasteiger partial charge is 0.351 e. The van der Waals surface area contributed by atoms with E-state index in [-0.39, 0.29) is 29.4 Å². The highest BCUT2D eigenvalue weighted by Gasteiger charge is 2.40. The molecule has 2 aliphatic heterocycles. The van der Waals surface area contributed by atoms with Crippen LogP contribution >= 0.6 is 11.6 Å². The average molecular weight is 704 g/mol. The first-order valence-corrected chi connectivity index (χ1v) is 20.9. The quantitative estimate of drug-likeness (QED) is 0.467. The third-order valence-corrected chi connectivity index (χ3v) is 14.8. The Morgan fingerprint density at radius 2 is 1.50 bits per heavy atom. The molecule has 2 N–H and O–H groups in total. The summed E-state index contributed by atoms with van der Waals surface area (Å²) < 4.78 is 0. The molecule has 0 saturated carbocycles. The van der Waals surface area contributed by atoms with Gasteiger partial charge in [-0.1, -0.05) is 74.8 Å². The van der Waals surface area contributed by atoms with Gasteiger partial charge in [-0.2, -0.15) is 0 Å². The molecular formula is C29H39ClN4O2S6. The molecule has 2 atom stereocenters. The second-order valence-corrected chi connectivity index (χ2v) is 19.1. The Balaban J connectivity index is 0.000000730. The van der Waals surface area contributed by atoms with Crippen molar-refractivity contribution in [3.63, 3.8) is 0 Å². The number of rotatable bonds is 5. The van der Waals surface area contributed by atoms with Crippen LogP contribution in [0.1, 0.15) is 57.2 Å². The highest BCUT2D eigenvalue weighted by Crippen LogP contribution is 2.36. The number of nitrogens with two attached hydrogens (primary N) is 1. The lowest BCUT2D eigenvalue weighted by Gasteiger charge is -2.50. The molecule has 2 saturated heterocycles. The number of halogens is 1. The minimum Gasteiger partial charge on any atom is -0.351 e. The summed E-state index contributed by atoms with van der Waals surface area (Å²) >= 11 is 15.2. The van der Waals surface area contributed by atoms with Crippen molar-refractivity contribution in [2.24, 2.45) is 17.1 Å². The number of likely N-dealkylation sites (tertiary alicyclic amines) is 1. The maximum Gasteiger partial charge on any atom is 0.314 e. The smallest absolute Gasteiger partial charge is 0.314 e. The Kier molecular flexibility index (Phi) is 14.5. The summed E-state index contributed by atoms with van der Waals surface area (Å²) in [7, 11) is 5.63. The molecule has 2 aromatic carbocycles. The number of piperidine rings is 1. The zero-order chi connectivity index (χ0) is 30.7. The Labute approximate surface area is 276 Å². The molecular weight excluding hydrogens is 664 g/mol. The third-order valence-electron chi connectivity index (χ3n) is 7.87. The summed E-state index contributed by atoms with van der Waals surface area (Å²) in [5, 5.41) is 0.732. The van der Waals surface area contributed by atoms with Crippen molar-refractivity contribution in [1.82, 2.24) is 14.7 Å². The van der Waals surface area contributed by atoms with E-state index in [0.717, 1.165) is 31.0 Å². The lowest BCUT2D eigenvalue weighted by Crippen LogP contribution is -2.60. The van der Waals surface area contributed by atoms with Crippen LogP contribution < -0.4 is 5.73 Å². The molecule has 2 aliphatic rings. The van der Waals surface area contributed by atoms with Gasteiger partial charge >= 0.3 is 6.03 Å². The van der Waals surface area contributed by atoms with E-state index in [1.807, 2.05) is 18.2 Å². The number of carbonyl (C=O) groups is 2. The number of piperazine rings is 1. The normalized spacial score (nSPS) is 18.7. The molecule has 0 spiro atoms. The molecule has 2 fully saturated rings. The predicted molar refractivity (Wildman–Crippen MR) is 189 cm³/mol. The molecule has 2 heterocycles. The molecule has 3 amide bonds. The van der Waals surface area contributed by atoms with Crippen molar-refractivity contribution < 1.29 is 9.59 Å². The van der Waals surface area contributed by atoms with E-state index in [1.165, 1.54) is 46.6 Å². The molecule has 0 radical (unpaired) electrons. The number of primary amides is 1. The lowest BCUT2D eigenvalue weighted by molar-refractivity contribution is -0.141. The summed E-state index contributed by atoms with van der Waals surface area (Å²) in [6, 6.07) is 18.6.